The van der Waals surface area contributed by atoms with Gasteiger partial charge in [0.25, 0.3) is 0 Å². The minimum Gasteiger partial charge on any atom is -0.341 e. The van der Waals surface area contributed by atoms with Gasteiger partial charge in [-0.1, -0.05) is 117 Å². The summed E-state index contributed by atoms with van der Waals surface area (Å²) < 4.78 is 2.40. The Labute approximate surface area is 241 Å². The van der Waals surface area contributed by atoms with Crippen LogP contribution in [0.2, 0.25) is 0 Å². The number of nitrogens with one attached hydrogen (secondary N) is 1. The van der Waals surface area contributed by atoms with Crippen LogP contribution in [0.4, 0.5) is 11.5 Å². The lowest BCUT2D eigenvalue weighted by Crippen LogP contribution is -2.12. The molecule has 206 valence electrons. The van der Waals surface area contributed by atoms with E-state index in [0.717, 1.165) is 11.5 Å². The van der Waals surface area contributed by atoms with E-state index in [9.17, 15) is 0 Å². The van der Waals surface area contributed by atoms with Crippen molar-refractivity contribution in [2.75, 3.05) is 5.32 Å². The second kappa shape index (κ2) is 10.0. The summed E-state index contributed by atoms with van der Waals surface area (Å²) in [4.78, 5) is 0. The molecule has 0 aliphatic rings. The van der Waals surface area contributed by atoms with E-state index in [2.05, 4.69) is 169 Å². The van der Waals surface area contributed by atoms with Gasteiger partial charge in [0, 0.05) is 16.6 Å². The van der Waals surface area contributed by atoms with Gasteiger partial charge >= 0.3 is 0 Å². The second-order valence-corrected chi connectivity index (χ2v) is 14.2. The maximum atomic E-state index is 3.78. The molecule has 1 heterocycles. The van der Waals surface area contributed by atoms with Gasteiger partial charge in [0.15, 0.2) is 0 Å². The first-order valence-electron chi connectivity index (χ1n) is 14.5. The van der Waals surface area contributed by atoms with E-state index in [1.54, 1.807) is 0 Å². The predicted molar refractivity (Wildman–Crippen MR) is 175 cm³/mol. The molecule has 5 aromatic rings. The van der Waals surface area contributed by atoms with Gasteiger partial charge in [0.2, 0.25) is 0 Å². The number of aromatic nitrogens is 1. The molecule has 0 aliphatic heterocycles. The van der Waals surface area contributed by atoms with Crippen LogP contribution in [-0.2, 0) is 16.2 Å². The summed E-state index contributed by atoms with van der Waals surface area (Å²) in [5.74, 6) is 1.06. The van der Waals surface area contributed by atoms with Crippen molar-refractivity contribution in [2.24, 2.45) is 0 Å². The molecule has 0 aliphatic carbocycles. The number of nitrogens with zero attached hydrogens (tertiary/aromatic N) is 1. The van der Waals surface area contributed by atoms with Crippen LogP contribution in [0.25, 0.3) is 27.7 Å². The normalized spacial score (nSPS) is 12.6. The Balaban J connectivity index is 1.74. The third kappa shape index (κ3) is 5.59. The average Bonchev–Trinajstić information content (AvgIpc) is 3.24. The van der Waals surface area contributed by atoms with Crippen molar-refractivity contribution < 1.29 is 0 Å². The van der Waals surface area contributed by atoms with Gasteiger partial charge in [-0.05, 0) is 81.0 Å². The summed E-state index contributed by atoms with van der Waals surface area (Å²) in [6.45, 7) is 20.4. The van der Waals surface area contributed by atoms with Crippen molar-refractivity contribution >= 4 is 22.4 Å². The molecule has 5 rings (SSSR count). The van der Waals surface area contributed by atoms with E-state index in [0.29, 0.717) is 0 Å². The molecule has 0 unspecified atom stereocenters. The third-order valence-electron chi connectivity index (χ3n) is 7.88. The van der Waals surface area contributed by atoms with Crippen molar-refractivity contribution in [3.63, 3.8) is 0 Å². The molecule has 0 fully saturated rings. The molecule has 4 aromatic carbocycles. The molecular weight excluding hydrogens is 484 g/mol. The zero-order valence-corrected chi connectivity index (χ0v) is 25.7. The lowest BCUT2D eigenvalue weighted by atomic mass is 9.85. The summed E-state index contributed by atoms with van der Waals surface area (Å²) in [6.07, 6.45) is 0. The summed E-state index contributed by atoms with van der Waals surface area (Å²) in [5, 5.41) is 5.02. The van der Waals surface area contributed by atoms with Crippen molar-refractivity contribution in [1.82, 2.24) is 4.57 Å². The first-order chi connectivity index (χ1) is 18.7. The van der Waals surface area contributed by atoms with Crippen LogP contribution in [0, 0.1) is 0 Å². The molecule has 0 saturated carbocycles. The largest absolute Gasteiger partial charge is 0.341 e. The molecule has 1 N–H and O–H groups in total. The van der Waals surface area contributed by atoms with Crippen LogP contribution in [-0.4, -0.2) is 4.57 Å². The number of fused-ring (bicyclic) bond motifs is 1. The smallest absolute Gasteiger partial charge is 0.116 e. The fourth-order valence-corrected chi connectivity index (χ4v) is 5.28. The monoisotopic (exact) mass is 528 g/mol. The van der Waals surface area contributed by atoms with Crippen LogP contribution >= 0.6 is 0 Å². The Morgan fingerprint density at radius 1 is 0.525 bits per heavy atom. The first kappa shape index (κ1) is 27.8. The third-order valence-corrected chi connectivity index (χ3v) is 7.88. The van der Waals surface area contributed by atoms with Gasteiger partial charge in [-0.2, -0.15) is 0 Å². The van der Waals surface area contributed by atoms with E-state index >= 15 is 0 Å². The van der Waals surface area contributed by atoms with E-state index in [-0.39, 0.29) is 16.2 Å². The molecule has 0 amide bonds. The zero-order chi connectivity index (χ0) is 28.9. The summed E-state index contributed by atoms with van der Waals surface area (Å²) in [6, 6.07) is 35.8. The van der Waals surface area contributed by atoms with E-state index in [1.807, 2.05) is 0 Å². The highest BCUT2D eigenvalue weighted by Crippen LogP contribution is 2.39. The molecule has 0 saturated heterocycles. The number of hydrogen-bond acceptors (Lipinski definition) is 1. The van der Waals surface area contributed by atoms with Crippen LogP contribution in [0.1, 0.15) is 79.0 Å². The number of benzene rings is 4. The molecule has 2 heteroatoms. The van der Waals surface area contributed by atoms with Crippen molar-refractivity contribution in [3.8, 4) is 16.8 Å². The van der Waals surface area contributed by atoms with Crippen LogP contribution < -0.4 is 5.32 Å². The second-order valence-electron chi connectivity index (χ2n) is 14.2. The highest BCUT2D eigenvalue weighted by atomic mass is 15.1. The number of rotatable bonds is 4. The van der Waals surface area contributed by atoms with Crippen LogP contribution in [0.5, 0.6) is 0 Å². The topological polar surface area (TPSA) is 17.0 Å². The quantitative estimate of drug-likeness (QED) is 0.245. The van der Waals surface area contributed by atoms with Crippen LogP contribution in [0.15, 0.2) is 97.1 Å². The number of anilines is 2. The highest BCUT2D eigenvalue weighted by Gasteiger charge is 2.21. The molecule has 1 aromatic heterocycles. The van der Waals surface area contributed by atoms with E-state index < -0.39 is 0 Å². The predicted octanol–water partition coefficient (Wildman–Crippen LogP) is 10.9. The van der Waals surface area contributed by atoms with Gasteiger partial charge in [-0.3, -0.25) is 4.57 Å². The Hall–Kier alpha value is -3.78. The molecule has 0 radical (unpaired) electrons. The van der Waals surface area contributed by atoms with Gasteiger partial charge in [0.1, 0.15) is 5.82 Å². The molecule has 40 heavy (non-hydrogen) atoms. The van der Waals surface area contributed by atoms with Crippen LogP contribution in [0.3, 0.4) is 0 Å². The molecule has 0 spiro atoms. The first-order valence-corrected chi connectivity index (χ1v) is 14.5. The fraction of sp³-hybridized carbons (Fsp3) is 0.316. The maximum Gasteiger partial charge on any atom is 0.116 e. The zero-order valence-electron chi connectivity index (χ0n) is 25.7. The standard InChI is InChI=1S/C38H44N2/c1-36(2,3)28-15-19-31(20-16-28)39-35-24-27-23-29(37(4,5)6)17-21-33(27)40(35)34-22-18-30(38(7,8)9)25-32(34)26-13-11-10-12-14-26/h10-25,39H,1-9H3. The van der Waals surface area contributed by atoms with Gasteiger partial charge in [0.05, 0.1) is 11.2 Å². The molecule has 2 nitrogen and oxygen atoms in total. The van der Waals surface area contributed by atoms with Crippen molar-refractivity contribution in [1.29, 1.82) is 0 Å². The Morgan fingerprint density at radius 3 is 1.68 bits per heavy atom. The molecule has 0 bridgehead atoms. The van der Waals surface area contributed by atoms with Gasteiger partial charge in [-0.25, -0.2) is 0 Å². The highest BCUT2D eigenvalue weighted by molar-refractivity contribution is 5.91. The SMILES string of the molecule is CC(C)(C)c1ccc(Nc2cc3cc(C(C)(C)C)ccc3n2-c2ccc(C(C)(C)C)cc2-c2ccccc2)cc1. The van der Waals surface area contributed by atoms with E-state index in [1.165, 1.54) is 44.4 Å². The summed E-state index contributed by atoms with van der Waals surface area (Å²) in [5.41, 5.74) is 10.2. The van der Waals surface area contributed by atoms with Gasteiger partial charge < -0.3 is 5.32 Å². The summed E-state index contributed by atoms with van der Waals surface area (Å²) in [7, 11) is 0. The number of hydrogen-bond donors (Lipinski definition) is 1. The lowest BCUT2D eigenvalue weighted by molar-refractivity contribution is 0.590. The Morgan fingerprint density at radius 2 is 1.07 bits per heavy atom. The van der Waals surface area contributed by atoms with Crippen molar-refractivity contribution in [3.05, 3.63) is 114 Å². The average molecular weight is 529 g/mol. The van der Waals surface area contributed by atoms with Crippen molar-refractivity contribution in [2.45, 2.75) is 78.6 Å². The fourth-order valence-electron chi connectivity index (χ4n) is 5.28. The lowest BCUT2D eigenvalue weighted by Gasteiger charge is -2.23. The van der Waals surface area contributed by atoms with E-state index in [4.69, 9.17) is 0 Å². The summed E-state index contributed by atoms with van der Waals surface area (Å²) >= 11 is 0. The maximum absolute atomic E-state index is 3.78. The minimum atomic E-state index is 0.0539. The Kier molecular flexibility index (Phi) is 6.94. The molecule has 0 atom stereocenters. The Bertz CT molecular complexity index is 1630. The minimum absolute atomic E-state index is 0.0539. The molecular formula is C38H44N2. The van der Waals surface area contributed by atoms with Gasteiger partial charge in [-0.15, -0.1) is 0 Å².